The first-order valence-corrected chi connectivity index (χ1v) is 7.61. The number of hydrogen-bond acceptors (Lipinski definition) is 4. The van der Waals surface area contributed by atoms with Crippen molar-refractivity contribution in [1.29, 1.82) is 0 Å². The minimum Gasteiger partial charge on any atom is -0.478 e. The monoisotopic (exact) mass is 371 g/mol. The second-order valence-electron chi connectivity index (χ2n) is 4.66. The minimum absolute atomic E-state index is 0.201. The maximum atomic E-state index is 10.8. The molecular weight excluding hydrogens is 350 g/mol. The van der Waals surface area contributed by atoms with E-state index in [2.05, 4.69) is 20.7 Å². The molecule has 0 aliphatic rings. The molecule has 0 amide bonds. The normalized spacial score (nSPS) is 13.0. The van der Waals surface area contributed by atoms with Crippen LogP contribution in [0.5, 0.6) is 0 Å². The van der Waals surface area contributed by atoms with E-state index in [4.69, 9.17) is 10.8 Å². The maximum Gasteiger partial charge on any atom is 0.328 e. The van der Waals surface area contributed by atoms with Crippen molar-refractivity contribution in [2.45, 2.75) is 26.3 Å². The second-order valence-corrected chi connectivity index (χ2v) is 5.57. The van der Waals surface area contributed by atoms with Crippen LogP contribution in [0.15, 0.2) is 34.8 Å². The lowest BCUT2D eigenvalue weighted by molar-refractivity contribution is -0.143. The van der Waals surface area contributed by atoms with Gasteiger partial charge in [0, 0.05) is 10.5 Å². The molecule has 122 valence electrons. The van der Waals surface area contributed by atoms with Crippen molar-refractivity contribution < 1.29 is 19.4 Å². The molecule has 22 heavy (non-hydrogen) atoms. The quantitative estimate of drug-likeness (QED) is 0.613. The molecule has 3 N–H and O–H groups in total. The lowest BCUT2D eigenvalue weighted by atomic mass is 10.0. The number of esters is 1. The third kappa shape index (κ3) is 8.59. The number of nitrogens with two attached hydrogens (primary N) is 1. The fourth-order valence-corrected chi connectivity index (χ4v) is 1.63. The minimum atomic E-state index is -0.932. The molecule has 0 bridgehead atoms. The molecule has 0 aliphatic heterocycles. The number of rotatable bonds is 5. The number of carboxylic acids is 1. The molecule has 1 aromatic rings. The summed E-state index contributed by atoms with van der Waals surface area (Å²) in [7, 11) is 1.35. The van der Waals surface area contributed by atoms with Crippen LogP contribution in [0.1, 0.15) is 25.8 Å². The van der Waals surface area contributed by atoms with Gasteiger partial charge in [-0.2, -0.15) is 0 Å². The molecule has 0 fully saturated rings. The number of carbonyl (C=O) groups excluding carboxylic acids is 1. The first kappa shape index (κ1) is 20.3. The third-order valence-corrected chi connectivity index (χ3v) is 3.55. The van der Waals surface area contributed by atoms with Crippen LogP contribution in [0.3, 0.4) is 0 Å². The van der Waals surface area contributed by atoms with E-state index < -0.39 is 12.0 Å². The van der Waals surface area contributed by atoms with Crippen LogP contribution in [0.25, 0.3) is 6.08 Å². The molecule has 0 spiro atoms. The molecule has 0 unspecified atom stereocenters. The van der Waals surface area contributed by atoms with Crippen molar-refractivity contribution in [3.63, 3.8) is 0 Å². The Morgan fingerprint density at radius 2 is 1.91 bits per heavy atom. The summed E-state index contributed by atoms with van der Waals surface area (Å²) in [4.78, 5) is 20.9. The number of ether oxygens (including phenoxy) is 1. The van der Waals surface area contributed by atoms with Crippen LogP contribution < -0.4 is 5.73 Å². The van der Waals surface area contributed by atoms with Gasteiger partial charge in [0.15, 0.2) is 0 Å². The van der Waals surface area contributed by atoms with Crippen molar-refractivity contribution in [3.05, 3.63) is 40.4 Å². The van der Waals surface area contributed by atoms with Gasteiger partial charge >= 0.3 is 11.9 Å². The highest BCUT2D eigenvalue weighted by atomic mass is 79.9. The number of carboxylic acid groups (broad SMARTS) is 1. The Hall–Kier alpha value is -1.66. The molecule has 0 aromatic heterocycles. The van der Waals surface area contributed by atoms with E-state index in [1.54, 1.807) is 6.08 Å². The van der Waals surface area contributed by atoms with Crippen molar-refractivity contribution in [1.82, 2.24) is 0 Å². The highest BCUT2D eigenvalue weighted by molar-refractivity contribution is 9.10. The summed E-state index contributed by atoms with van der Waals surface area (Å²) in [5.74, 6) is -1.06. The van der Waals surface area contributed by atoms with Crippen molar-refractivity contribution in [3.8, 4) is 0 Å². The average Bonchev–Trinajstić information content (AvgIpc) is 2.52. The van der Waals surface area contributed by atoms with Gasteiger partial charge in [0.05, 0.1) is 7.11 Å². The zero-order valence-electron chi connectivity index (χ0n) is 13.0. The van der Waals surface area contributed by atoms with Gasteiger partial charge in [0.25, 0.3) is 0 Å². The first-order chi connectivity index (χ1) is 10.3. The largest absolute Gasteiger partial charge is 0.478 e. The Bertz CT molecular complexity index is 499. The van der Waals surface area contributed by atoms with E-state index in [-0.39, 0.29) is 11.9 Å². The van der Waals surface area contributed by atoms with Crippen LogP contribution in [0.2, 0.25) is 0 Å². The summed E-state index contributed by atoms with van der Waals surface area (Å²) >= 11 is 3.29. The van der Waals surface area contributed by atoms with Crippen molar-refractivity contribution >= 4 is 33.9 Å². The molecular formula is C16H22BrNO4. The SMILES string of the molecule is CC[C@H](C)[C@H](N)C(=O)OC.O=C(O)/C=C/c1ccc(Br)cc1. The Morgan fingerprint density at radius 1 is 1.36 bits per heavy atom. The predicted octanol–water partition coefficient (Wildman–Crippen LogP) is 3.08. The summed E-state index contributed by atoms with van der Waals surface area (Å²) < 4.78 is 5.45. The van der Waals surface area contributed by atoms with E-state index in [1.165, 1.54) is 7.11 Å². The smallest absolute Gasteiger partial charge is 0.328 e. The summed E-state index contributed by atoms with van der Waals surface area (Å²) in [5, 5.41) is 8.33. The number of methoxy groups -OCH3 is 1. The van der Waals surface area contributed by atoms with Crippen molar-refractivity contribution in [2.75, 3.05) is 7.11 Å². The van der Waals surface area contributed by atoms with Gasteiger partial charge in [0.1, 0.15) is 6.04 Å². The van der Waals surface area contributed by atoms with E-state index >= 15 is 0 Å². The van der Waals surface area contributed by atoms with E-state index in [0.717, 1.165) is 22.5 Å². The molecule has 0 aliphatic carbocycles. The van der Waals surface area contributed by atoms with Crippen LogP contribution >= 0.6 is 15.9 Å². The summed E-state index contributed by atoms with van der Waals surface area (Å²) in [6, 6.07) is 6.94. The molecule has 6 heteroatoms. The van der Waals surface area contributed by atoms with E-state index in [9.17, 15) is 9.59 Å². The third-order valence-electron chi connectivity index (χ3n) is 3.02. The average molecular weight is 372 g/mol. The fraction of sp³-hybridized carbons (Fsp3) is 0.375. The van der Waals surface area contributed by atoms with Crippen LogP contribution in [0.4, 0.5) is 0 Å². The summed E-state index contributed by atoms with van der Waals surface area (Å²) in [6.07, 6.45) is 3.56. The predicted molar refractivity (Wildman–Crippen MR) is 90.3 cm³/mol. The molecule has 0 saturated carbocycles. The fourth-order valence-electron chi connectivity index (χ4n) is 1.36. The molecule has 1 aromatic carbocycles. The molecule has 5 nitrogen and oxygen atoms in total. The standard InChI is InChI=1S/C9H7BrO2.C7H15NO2/c10-8-4-1-7(2-5-8)3-6-9(11)12;1-4-5(2)6(8)7(9)10-3/h1-6H,(H,11,12);5-6H,4,8H2,1-3H3/b6-3+;/t;5-,6-/m.0/s1. The highest BCUT2D eigenvalue weighted by Gasteiger charge is 2.19. The summed E-state index contributed by atoms with van der Waals surface area (Å²) in [6.45, 7) is 3.93. The highest BCUT2D eigenvalue weighted by Crippen LogP contribution is 2.11. The van der Waals surface area contributed by atoms with Crippen molar-refractivity contribution in [2.24, 2.45) is 11.7 Å². The van der Waals surface area contributed by atoms with Crippen LogP contribution in [-0.2, 0) is 14.3 Å². The number of halogens is 1. The van der Waals surface area contributed by atoms with Gasteiger partial charge in [-0.05, 0) is 29.7 Å². The molecule has 1 rings (SSSR count). The first-order valence-electron chi connectivity index (χ1n) is 6.81. The Kier molecular flexibility index (Phi) is 10.2. The van der Waals surface area contributed by atoms with Crippen LogP contribution in [0, 0.1) is 5.92 Å². The molecule has 2 atom stereocenters. The molecule has 0 saturated heterocycles. The zero-order chi connectivity index (χ0) is 17.1. The van der Waals surface area contributed by atoms with Gasteiger partial charge in [-0.1, -0.05) is 48.3 Å². The van der Waals surface area contributed by atoms with E-state index in [1.807, 2.05) is 38.1 Å². The second kappa shape index (κ2) is 11.0. The lowest BCUT2D eigenvalue weighted by Gasteiger charge is -2.14. The Balaban J connectivity index is 0.000000409. The van der Waals surface area contributed by atoms with Crippen LogP contribution in [-0.4, -0.2) is 30.2 Å². The topological polar surface area (TPSA) is 89.6 Å². The molecule has 0 radical (unpaired) electrons. The van der Waals surface area contributed by atoms with Gasteiger partial charge in [-0.3, -0.25) is 4.79 Å². The maximum absolute atomic E-state index is 10.8. The van der Waals surface area contributed by atoms with Gasteiger partial charge in [-0.25, -0.2) is 4.79 Å². The number of benzene rings is 1. The Labute approximate surface area is 139 Å². The lowest BCUT2D eigenvalue weighted by Crippen LogP contribution is -2.37. The Morgan fingerprint density at radius 3 is 2.32 bits per heavy atom. The zero-order valence-corrected chi connectivity index (χ0v) is 14.5. The van der Waals surface area contributed by atoms with Gasteiger partial charge in [-0.15, -0.1) is 0 Å². The summed E-state index contributed by atoms with van der Waals surface area (Å²) in [5.41, 5.74) is 6.38. The van der Waals surface area contributed by atoms with Gasteiger partial charge in [0.2, 0.25) is 0 Å². The van der Waals surface area contributed by atoms with E-state index in [0.29, 0.717) is 0 Å². The number of aliphatic carboxylic acids is 1. The number of hydrogen-bond donors (Lipinski definition) is 2. The number of carbonyl (C=O) groups is 2. The molecule has 0 heterocycles. The van der Waals surface area contributed by atoms with Gasteiger partial charge < -0.3 is 15.6 Å².